The van der Waals surface area contributed by atoms with Crippen LogP contribution >= 0.6 is 0 Å². The third-order valence-electron chi connectivity index (χ3n) is 8.87. The topological polar surface area (TPSA) is 72.0 Å². The summed E-state index contributed by atoms with van der Waals surface area (Å²) in [6, 6.07) is 0.659. The van der Waals surface area contributed by atoms with E-state index in [0.29, 0.717) is 25.0 Å². The molecule has 4 rings (SSSR count). The molecule has 32 heavy (non-hydrogen) atoms. The van der Waals surface area contributed by atoms with Crippen LogP contribution in [0, 0.1) is 17.8 Å². The molecule has 7 nitrogen and oxygen atoms in total. The summed E-state index contributed by atoms with van der Waals surface area (Å²) >= 11 is 0. The van der Waals surface area contributed by atoms with Gasteiger partial charge in [-0.3, -0.25) is 20.9 Å². The quantitative estimate of drug-likeness (QED) is 0.423. The third kappa shape index (κ3) is 7.36. The summed E-state index contributed by atoms with van der Waals surface area (Å²) in [6.45, 7) is 9.26. The third-order valence-corrected chi connectivity index (χ3v) is 8.87. The smallest absolute Gasteiger partial charge is 0.112 e. The van der Waals surface area contributed by atoms with Gasteiger partial charge < -0.3 is 14.7 Å². The number of piperazine rings is 1. The Morgan fingerprint density at radius 2 is 1.44 bits per heavy atom. The number of methoxy groups -OCH3 is 1. The molecule has 0 radical (unpaired) electrons. The first-order valence-corrected chi connectivity index (χ1v) is 13.5. The molecular formula is C25H49N5O2. The zero-order chi connectivity index (χ0) is 22.2. The van der Waals surface area contributed by atoms with Crippen LogP contribution in [0.25, 0.3) is 0 Å². The lowest BCUT2D eigenvalue weighted by atomic mass is 9.78. The van der Waals surface area contributed by atoms with Gasteiger partial charge in [0.15, 0.2) is 0 Å². The standard InChI is InChI=1S/C25H49N5O2/c1-32-24-8-4-21(5-9-24)22-18-26-25(27-19-22)28-23-6-2-20(3-7-23)10-11-29-12-14-30(15-13-29)16-17-31/h20-28,31H,2-19H2,1H3. The van der Waals surface area contributed by atoms with Crippen LogP contribution in [0.15, 0.2) is 0 Å². The molecular weight excluding hydrogens is 402 g/mol. The van der Waals surface area contributed by atoms with Crippen LogP contribution in [0.5, 0.6) is 0 Å². The largest absolute Gasteiger partial charge is 0.395 e. The number of ether oxygens (including phenoxy) is 1. The lowest BCUT2D eigenvalue weighted by molar-refractivity contribution is 0.0413. The van der Waals surface area contributed by atoms with Crippen molar-refractivity contribution in [2.75, 3.05) is 66.1 Å². The maximum Gasteiger partial charge on any atom is 0.112 e. The van der Waals surface area contributed by atoms with Gasteiger partial charge in [-0.1, -0.05) is 0 Å². The molecule has 4 N–H and O–H groups in total. The monoisotopic (exact) mass is 451 g/mol. The van der Waals surface area contributed by atoms with E-state index < -0.39 is 0 Å². The Kier molecular flexibility index (Phi) is 10.1. The molecule has 2 saturated heterocycles. The van der Waals surface area contributed by atoms with Crippen molar-refractivity contribution >= 4 is 0 Å². The highest BCUT2D eigenvalue weighted by atomic mass is 16.5. The molecule has 0 atom stereocenters. The summed E-state index contributed by atoms with van der Waals surface area (Å²) in [5.74, 6) is 2.53. The van der Waals surface area contributed by atoms with Crippen LogP contribution in [-0.4, -0.2) is 99.4 Å². The van der Waals surface area contributed by atoms with Gasteiger partial charge in [0, 0.05) is 59.0 Å². The second-order valence-electron chi connectivity index (χ2n) is 10.9. The summed E-state index contributed by atoms with van der Waals surface area (Å²) < 4.78 is 5.54. The van der Waals surface area contributed by atoms with Crippen molar-refractivity contribution in [1.29, 1.82) is 0 Å². The lowest BCUT2D eigenvalue weighted by Gasteiger charge is -2.40. The van der Waals surface area contributed by atoms with Gasteiger partial charge in [0.2, 0.25) is 0 Å². The van der Waals surface area contributed by atoms with E-state index in [1.165, 1.54) is 77.4 Å². The van der Waals surface area contributed by atoms with E-state index in [4.69, 9.17) is 9.84 Å². The minimum atomic E-state index is 0.290. The maximum atomic E-state index is 9.09. The Labute approximate surface area is 196 Å². The average molecular weight is 452 g/mol. The fraction of sp³-hybridized carbons (Fsp3) is 1.00. The van der Waals surface area contributed by atoms with Gasteiger partial charge >= 0.3 is 0 Å². The summed E-state index contributed by atoms with van der Waals surface area (Å²) in [6.07, 6.45) is 12.7. The second-order valence-corrected chi connectivity index (χ2v) is 10.9. The molecule has 4 fully saturated rings. The first-order chi connectivity index (χ1) is 15.7. The molecule has 0 aromatic heterocycles. The highest BCUT2D eigenvalue weighted by Gasteiger charge is 2.31. The van der Waals surface area contributed by atoms with E-state index in [9.17, 15) is 0 Å². The van der Waals surface area contributed by atoms with Crippen molar-refractivity contribution in [3.8, 4) is 0 Å². The van der Waals surface area contributed by atoms with Gasteiger partial charge in [0.05, 0.1) is 12.7 Å². The number of β-amino-alcohol motifs (C(OH)–C–C–N with tert-alkyl or cyclic N) is 1. The first kappa shape index (κ1) is 24.8. The molecule has 0 bridgehead atoms. The molecule has 2 aliphatic heterocycles. The number of aliphatic hydroxyl groups excluding tert-OH is 1. The van der Waals surface area contributed by atoms with E-state index in [2.05, 4.69) is 25.8 Å². The lowest BCUT2D eigenvalue weighted by Crippen LogP contribution is -2.63. The molecule has 0 amide bonds. The van der Waals surface area contributed by atoms with Crippen LogP contribution in [0.1, 0.15) is 57.8 Å². The van der Waals surface area contributed by atoms with Crippen LogP contribution in [0.4, 0.5) is 0 Å². The normalized spacial score (nSPS) is 38.1. The summed E-state index contributed by atoms with van der Waals surface area (Å²) in [5.41, 5.74) is 0. The molecule has 0 aromatic rings. The SMILES string of the molecule is COC1CCC(C2CNC(NC3CCC(CCN4CCN(CCO)CC4)CC3)NC2)CC1. The van der Waals surface area contributed by atoms with Crippen molar-refractivity contribution in [3.05, 3.63) is 0 Å². The van der Waals surface area contributed by atoms with Gasteiger partial charge in [-0.05, 0) is 82.1 Å². The molecule has 186 valence electrons. The predicted octanol–water partition coefficient (Wildman–Crippen LogP) is 1.43. The minimum absolute atomic E-state index is 0.290. The molecule has 2 heterocycles. The predicted molar refractivity (Wildman–Crippen MR) is 130 cm³/mol. The van der Waals surface area contributed by atoms with Gasteiger partial charge in [0.1, 0.15) is 6.29 Å². The molecule has 7 heteroatoms. The van der Waals surface area contributed by atoms with Gasteiger partial charge in [0.25, 0.3) is 0 Å². The van der Waals surface area contributed by atoms with Gasteiger partial charge in [-0.15, -0.1) is 0 Å². The second kappa shape index (κ2) is 13.0. The Morgan fingerprint density at radius 3 is 2.03 bits per heavy atom. The van der Waals surface area contributed by atoms with Crippen LogP contribution in [0.3, 0.4) is 0 Å². The zero-order valence-electron chi connectivity index (χ0n) is 20.4. The Morgan fingerprint density at radius 1 is 0.812 bits per heavy atom. The van der Waals surface area contributed by atoms with E-state index in [-0.39, 0.29) is 0 Å². The fourth-order valence-corrected chi connectivity index (χ4v) is 6.53. The Balaban J connectivity index is 1.06. The minimum Gasteiger partial charge on any atom is -0.395 e. The summed E-state index contributed by atoms with van der Waals surface area (Å²) in [4.78, 5) is 5.01. The highest BCUT2D eigenvalue weighted by Crippen LogP contribution is 2.32. The first-order valence-electron chi connectivity index (χ1n) is 13.5. The molecule has 0 spiro atoms. The van der Waals surface area contributed by atoms with Crippen molar-refractivity contribution in [2.24, 2.45) is 17.8 Å². The average Bonchev–Trinajstić information content (AvgIpc) is 2.85. The molecule has 2 saturated carbocycles. The number of hydrogen-bond donors (Lipinski definition) is 4. The Bertz CT molecular complexity index is 506. The number of hydrogen-bond acceptors (Lipinski definition) is 7. The Hall–Kier alpha value is -0.280. The molecule has 2 aliphatic carbocycles. The summed E-state index contributed by atoms with van der Waals surface area (Å²) in [5, 5.41) is 20.5. The molecule has 0 unspecified atom stereocenters. The van der Waals surface area contributed by atoms with E-state index in [1.54, 1.807) is 0 Å². The molecule has 4 aliphatic rings. The van der Waals surface area contributed by atoms with Crippen molar-refractivity contribution in [3.63, 3.8) is 0 Å². The fourth-order valence-electron chi connectivity index (χ4n) is 6.53. The van der Waals surface area contributed by atoms with E-state index >= 15 is 0 Å². The van der Waals surface area contributed by atoms with E-state index in [0.717, 1.165) is 50.5 Å². The number of nitrogens with zero attached hydrogens (tertiary/aromatic N) is 2. The molecule has 0 aromatic carbocycles. The summed E-state index contributed by atoms with van der Waals surface area (Å²) in [7, 11) is 1.86. The number of aliphatic hydroxyl groups is 1. The zero-order valence-corrected chi connectivity index (χ0v) is 20.4. The van der Waals surface area contributed by atoms with Crippen molar-refractivity contribution in [2.45, 2.75) is 76.2 Å². The van der Waals surface area contributed by atoms with Gasteiger partial charge in [-0.25, -0.2) is 0 Å². The van der Waals surface area contributed by atoms with E-state index in [1.807, 2.05) is 7.11 Å². The van der Waals surface area contributed by atoms with Gasteiger partial charge in [-0.2, -0.15) is 0 Å². The number of nitrogens with one attached hydrogen (secondary N) is 3. The van der Waals surface area contributed by atoms with Crippen molar-refractivity contribution < 1.29 is 9.84 Å². The number of rotatable bonds is 9. The van der Waals surface area contributed by atoms with Crippen LogP contribution in [-0.2, 0) is 4.74 Å². The highest BCUT2D eigenvalue weighted by molar-refractivity contribution is 4.87. The van der Waals surface area contributed by atoms with Crippen molar-refractivity contribution in [1.82, 2.24) is 25.8 Å². The maximum absolute atomic E-state index is 9.09. The van der Waals surface area contributed by atoms with Crippen LogP contribution in [0.2, 0.25) is 0 Å². The van der Waals surface area contributed by atoms with Crippen LogP contribution < -0.4 is 16.0 Å².